The zero-order valence-corrected chi connectivity index (χ0v) is 8.64. The second kappa shape index (κ2) is 4.68. The standard InChI is InChI=1S/C8H10BFO3S/c1-13-8-6(9(11)12)3-5(10)4-7(8)14-2/h3-4,11-12H,1-2H3. The molecule has 1 aromatic carbocycles. The van der Waals surface area contributed by atoms with Gasteiger partial charge >= 0.3 is 7.12 Å². The normalized spacial score (nSPS) is 10.1. The van der Waals surface area contributed by atoms with E-state index in [-0.39, 0.29) is 5.46 Å². The van der Waals surface area contributed by atoms with Gasteiger partial charge in [-0.15, -0.1) is 11.8 Å². The van der Waals surface area contributed by atoms with Gasteiger partial charge < -0.3 is 14.8 Å². The van der Waals surface area contributed by atoms with Crippen molar-refractivity contribution in [1.82, 2.24) is 0 Å². The number of hydrogen-bond acceptors (Lipinski definition) is 4. The molecule has 76 valence electrons. The van der Waals surface area contributed by atoms with Crippen LogP contribution in [0, 0.1) is 5.82 Å². The lowest BCUT2D eigenvalue weighted by atomic mass is 9.79. The summed E-state index contributed by atoms with van der Waals surface area (Å²) in [6.45, 7) is 0. The topological polar surface area (TPSA) is 49.7 Å². The van der Waals surface area contributed by atoms with Crippen LogP contribution in [-0.4, -0.2) is 30.5 Å². The monoisotopic (exact) mass is 216 g/mol. The molecule has 1 rings (SSSR count). The molecule has 0 radical (unpaired) electrons. The maximum Gasteiger partial charge on any atom is 0.492 e. The molecule has 0 bridgehead atoms. The third-order valence-electron chi connectivity index (χ3n) is 1.75. The largest absolute Gasteiger partial charge is 0.496 e. The van der Waals surface area contributed by atoms with Crippen LogP contribution in [0.1, 0.15) is 0 Å². The zero-order chi connectivity index (χ0) is 10.7. The highest BCUT2D eigenvalue weighted by Gasteiger charge is 2.20. The Balaban J connectivity index is 3.31. The predicted octanol–water partition coefficient (Wildman–Crippen LogP) is 0.236. The van der Waals surface area contributed by atoms with Crippen LogP contribution in [0.15, 0.2) is 17.0 Å². The van der Waals surface area contributed by atoms with E-state index in [4.69, 9.17) is 14.8 Å². The summed E-state index contributed by atoms with van der Waals surface area (Å²) >= 11 is 1.28. The minimum absolute atomic E-state index is 0.0388. The van der Waals surface area contributed by atoms with Crippen molar-refractivity contribution in [3.8, 4) is 5.75 Å². The van der Waals surface area contributed by atoms with E-state index < -0.39 is 12.9 Å². The molecule has 0 atom stereocenters. The van der Waals surface area contributed by atoms with Gasteiger partial charge in [-0.1, -0.05) is 0 Å². The lowest BCUT2D eigenvalue weighted by Crippen LogP contribution is -2.32. The molecule has 0 aliphatic rings. The Kier molecular flexibility index (Phi) is 3.80. The highest BCUT2D eigenvalue weighted by Crippen LogP contribution is 2.26. The average molecular weight is 216 g/mol. The molecule has 0 aliphatic carbocycles. The quantitative estimate of drug-likeness (QED) is 0.561. The highest BCUT2D eigenvalue weighted by atomic mass is 32.2. The molecule has 1 aromatic rings. The second-order valence-electron chi connectivity index (χ2n) is 2.60. The third-order valence-corrected chi connectivity index (χ3v) is 2.49. The van der Waals surface area contributed by atoms with Crippen LogP contribution in [0.5, 0.6) is 5.75 Å². The number of benzene rings is 1. The first-order chi connectivity index (χ1) is 6.60. The number of hydrogen-bond donors (Lipinski definition) is 2. The number of thioether (sulfide) groups is 1. The van der Waals surface area contributed by atoms with Crippen LogP contribution in [0.2, 0.25) is 0 Å². The molecule has 0 unspecified atom stereocenters. The van der Waals surface area contributed by atoms with Gasteiger partial charge in [0, 0.05) is 5.46 Å². The predicted molar refractivity (Wildman–Crippen MR) is 54.6 cm³/mol. The maximum atomic E-state index is 13.0. The van der Waals surface area contributed by atoms with E-state index >= 15 is 0 Å². The van der Waals surface area contributed by atoms with Gasteiger partial charge in [-0.05, 0) is 18.4 Å². The fourth-order valence-corrected chi connectivity index (χ4v) is 1.77. The SMILES string of the molecule is COc1c(SC)cc(F)cc1B(O)O. The Bertz CT molecular complexity index is 333. The molecule has 0 spiro atoms. The van der Waals surface area contributed by atoms with Crippen LogP contribution in [0.3, 0.4) is 0 Å². The first-order valence-electron chi connectivity index (χ1n) is 3.87. The van der Waals surface area contributed by atoms with Crippen molar-refractivity contribution in [1.29, 1.82) is 0 Å². The van der Waals surface area contributed by atoms with E-state index in [0.29, 0.717) is 10.6 Å². The Morgan fingerprint density at radius 2 is 2.07 bits per heavy atom. The number of halogens is 1. The van der Waals surface area contributed by atoms with E-state index in [1.54, 1.807) is 6.26 Å². The summed E-state index contributed by atoms with van der Waals surface area (Å²) < 4.78 is 18.0. The summed E-state index contributed by atoms with van der Waals surface area (Å²) in [4.78, 5) is 0.538. The van der Waals surface area contributed by atoms with Crippen molar-refractivity contribution in [2.24, 2.45) is 0 Å². The molecule has 0 aliphatic heterocycles. The van der Waals surface area contributed by atoms with Crippen LogP contribution < -0.4 is 10.2 Å². The summed E-state index contributed by atoms with van der Waals surface area (Å²) in [6, 6.07) is 2.33. The molecular weight excluding hydrogens is 206 g/mol. The lowest BCUT2D eigenvalue weighted by molar-refractivity contribution is 0.394. The van der Waals surface area contributed by atoms with Gasteiger partial charge in [-0.2, -0.15) is 0 Å². The first kappa shape index (κ1) is 11.4. The minimum Gasteiger partial charge on any atom is -0.496 e. The van der Waals surface area contributed by atoms with Gasteiger partial charge in [0.15, 0.2) is 0 Å². The van der Waals surface area contributed by atoms with E-state index in [0.717, 1.165) is 6.07 Å². The molecule has 0 aromatic heterocycles. The maximum absolute atomic E-state index is 13.0. The van der Waals surface area contributed by atoms with E-state index in [2.05, 4.69) is 0 Å². The Labute approximate surface area is 86.0 Å². The zero-order valence-electron chi connectivity index (χ0n) is 7.82. The number of methoxy groups -OCH3 is 1. The van der Waals surface area contributed by atoms with Gasteiger partial charge in [0.05, 0.1) is 12.0 Å². The van der Waals surface area contributed by atoms with Crippen molar-refractivity contribution in [2.75, 3.05) is 13.4 Å². The molecule has 2 N–H and O–H groups in total. The fraction of sp³-hybridized carbons (Fsp3) is 0.250. The van der Waals surface area contributed by atoms with Crippen molar-refractivity contribution in [3.05, 3.63) is 17.9 Å². The summed E-state index contributed by atoms with van der Waals surface area (Å²) in [7, 11) is -0.328. The molecule has 14 heavy (non-hydrogen) atoms. The smallest absolute Gasteiger partial charge is 0.492 e. The molecule has 0 fully saturated rings. The average Bonchev–Trinajstić information content (AvgIpc) is 2.16. The Morgan fingerprint density at radius 3 is 2.50 bits per heavy atom. The van der Waals surface area contributed by atoms with E-state index in [1.165, 1.54) is 24.9 Å². The molecular formula is C8H10BFO3S. The van der Waals surface area contributed by atoms with Gasteiger partial charge in [-0.25, -0.2) is 4.39 Å². The van der Waals surface area contributed by atoms with Crippen molar-refractivity contribution >= 4 is 24.3 Å². The summed E-state index contributed by atoms with van der Waals surface area (Å²) in [5, 5.41) is 18.0. The minimum atomic E-state index is -1.73. The van der Waals surface area contributed by atoms with Crippen molar-refractivity contribution < 1.29 is 19.2 Å². The fourth-order valence-electron chi connectivity index (χ4n) is 1.15. The molecule has 0 saturated heterocycles. The van der Waals surface area contributed by atoms with Crippen molar-refractivity contribution in [2.45, 2.75) is 4.90 Å². The van der Waals surface area contributed by atoms with E-state index in [1.807, 2.05) is 0 Å². The summed E-state index contributed by atoms with van der Waals surface area (Å²) in [5.41, 5.74) is 0.0388. The van der Waals surface area contributed by atoms with Crippen molar-refractivity contribution in [3.63, 3.8) is 0 Å². The second-order valence-corrected chi connectivity index (χ2v) is 3.45. The van der Waals surface area contributed by atoms with E-state index in [9.17, 15) is 4.39 Å². The van der Waals surface area contributed by atoms with Gasteiger partial charge in [0.2, 0.25) is 0 Å². The number of rotatable bonds is 3. The highest BCUT2D eigenvalue weighted by molar-refractivity contribution is 7.98. The Morgan fingerprint density at radius 1 is 1.43 bits per heavy atom. The first-order valence-corrected chi connectivity index (χ1v) is 5.10. The summed E-state index contributed by atoms with van der Waals surface area (Å²) in [5.74, 6) is -0.216. The Hall–Kier alpha value is -0.715. The lowest BCUT2D eigenvalue weighted by Gasteiger charge is -2.11. The summed E-state index contributed by atoms with van der Waals surface area (Å²) in [6.07, 6.45) is 1.75. The number of ether oxygens (including phenoxy) is 1. The van der Waals surface area contributed by atoms with Gasteiger partial charge in [0.1, 0.15) is 11.6 Å². The molecule has 0 saturated carbocycles. The molecule has 6 heteroatoms. The van der Waals surface area contributed by atoms with Crippen LogP contribution >= 0.6 is 11.8 Å². The molecule has 3 nitrogen and oxygen atoms in total. The van der Waals surface area contributed by atoms with Gasteiger partial charge in [0.25, 0.3) is 0 Å². The van der Waals surface area contributed by atoms with Crippen LogP contribution in [-0.2, 0) is 0 Å². The molecule has 0 amide bonds. The van der Waals surface area contributed by atoms with Gasteiger partial charge in [-0.3, -0.25) is 0 Å². The van der Waals surface area contributed by atoms with Crippen LogP contribution in [0.25, 0.3) is 0 Å². The molecule has 0 heterocycles. The third kappa shape index (κ3) is 2.20. The van der Waals surface area contributed by atoms with Crippen LogP contribution in [0.4, 0.5) is 4.39 Å².